The van der Waals surface area contributed by atoms with Gasteiger partial charge in [-0.3, -0.25) is 9.38 Å². The molecule has 0 saturated heterocycles. The summed E-state index contributed by atoms with van der Waals surface area (Å²) in [6.45, 7) is 0. The summed E-state index contributed by atoms with van der Waals surface area (Å²) in [6, 6.07) is 6.43. The highest BCUT2D eigenvalue weighted by Crippen LogP contribution is 2.28. The average molecular weight is 315 g/mol. The predicted molar refractivity (Wildman–Crippen MR) is 83.1 cm³/mol. The number of nitrogens with zero attached hydrogens (tertiary/aromatic N) is 2. The number of hydrogen-bond donors (Lipinski definition) is 1. The Morgan fingerprint density at radius 3 is 3.00 bits per heavy atom. The lowest BCUT2D eigenvalue weighted by atomic mass is 10.1. The van der Waals surface area contributed by atoms with Crippen molar-refractivity contribution < 1.29 is 9.13 Å². The number of fused-ring (bicyclic) bond motifs is 3. The van der Waals surface area contributed by atoms with Gasteiger partial charge in [0.15, 0.2) is 5.65 Å². The molecular weight excluding hydrogens is 305 g/mol. The van der Waals surface area contributed by atoms with Gasteiger partial charge < -0.3 is 4.74 Å². The molecule has 0 aliphatic carbocycles. The molecule has 0 spiro atoms. The molecular formula is C15H10FN3O2S. The fourth-order valence-electron chi connectivity index (χ4n) is 2.42. The maximum absolute atomic E-state index is 14.2. The number of halogens is 1. The molecule has 7 heteroatoms. The third-order valence-electron chi connectivity index (χ3n) is 3.50. The van der Waals surface area contributed by atoms with Crippen molar-refractivity contribution >= 4 is 27.2 Å². The van der Waals surface area contributed by atoms with E-state index in [4.69, 9.17) is 4.74 Å². The lowest BCUT2D eigenvalue weighted by Gasteiger charge is -2.02. The summed E-state index contributed by atoms with van der Waals surface area (Å²) >= 11 is 1.43. The van der Waals surface area contributed by atoms with Gasteiger partial charge in [-0.1, -0.05) is 0 Å². The third kappa shape index (κ3) is 1.82. The molecule has 3 heterocycles. The quantitative estimate of drug-likeness (QED) is 0.618. The Bertz CT molecular complexity index is 1060. The lowest BCUT2D eigenvalue weighted by Crippen LogP contribution is -2.14. The van der Waals surface area contributed by atoms with Gasteiger partial charge in [0.25, 0.3) is 0 Å². The molecule has 0 aliphatic rings. The molecule has 5 nitrogen and oxygen atoms in total. The van der Waals surface area contributed by atoms with E-state index in [2.05, 4.69) is 9.97 Å². The zero-order valence-electron chi connectivity index (χ0n) is 11.5. The number of imidazole rings is 1. The second kappa shape index (κ2) is 4.67. The van der Waals surface area contributed by atoms with Crippen molar-refractivity contribution in [3.05, 3.63) is 52.1 Å². The standard InChI is InChI=1S/C15H10FN3O2S/c1-21-8-2-3-9(11(16)6-8)12-7-19-13(17-12)10-4-5-22-14(10)18-15(19)20/h2-7H,1H3,(H,18,20). The van der Waals surface area contributed by atoms with Crippen molar-refractivity contribution in [1.29, 1.82) is 0 Å². The Morgan fingerprint density at radius 1 is 1.36 bits per heavy atom. The fraction of sp³-hybridized carbons (Fsp3) is 0.0667. The number of aromatic nitrogens is 3. The van der Waals surface area contributed by atoms with Gasteiger partial charge in [0.05, 0.1) is 18.2 Å². The van der Waals surface area contributed by atoms with Crippen molar-refractivity contribution in [3.8, 4) is 17.0 Å². The monoisotopic (exact) mass is 315 g/mol. The second-order valence-corrected chi connectivity index (χ2v) is 5.68. The van der Waals surface area contributed by atoms with E-state index in [0.717, 1.165) is 10.2 Å². The van der Waals surface area contributed by atoms with Crippen LogP contribution in [0.15, 0.2) is 40.6 Å². The highest BCUT2D eigenvalue weighted by molar-refractivity contribution is 7.16. The van der Waals surface area contributed by atoms with Crippen molar-refractivity contribution in [2.75, 3.05) is 7.11 Å². The van der Waals surface area contributed by atoms with Crippen LogP contribution < -0.4 is 10.4 Å². The van der Waals surface area contributed by atoms with E-state index in [9.17, 15) is 9.18 Å². The van der Waals surface area contributed by atoms with E-state index in [1.165, 1.54) is 35.1 Å². The summed E-state index contributed by atoms with van der Waals surface area (Å²) in [5.74, 6) is -0.0103. The molecule has 0 atom stereocenters. The average Bonchev–Trinajstić information content (AvgIpc) is 3.13. The highest BCUT2D eigenvalue weighted by atomic mass is 32.1. The summed E-state index contributed by atoms with van der Waals surface area (Å²) in [4.78, 5) is 20.0. The van der Waals surface area contributed by atoms with Crippen LogP contribution in [0.2, 0.25) is 0 Å². The van der Waals surface area contributed by atoms with Crippen LogP contribution >= 0.6 is 11.3 Å². The van der Waals surface area contributed by atoms with Gasteiger partial charge in [-0.2, -0.15) is 0 Å². The van der Waals surface area contributed by atoms with E-state index in [0.29, 0.717) is 22.7 Å². The van der Waals surface area contributed by atoms with Crippen molar-refractivity contribution in [3.63, 3.8) is 0 Å². The number of aromatic amines is 1. The lowest BCUT2D eigenvalue weighted by molar-refractivity contribution is 0.411. The van der Waals surface area contributed by atoms with Crippen LogP contribution in [0.5, 0.6) is 5.75 Å². The first-order chi connectivity index (χ1) is 10.7. The van der Waals surface area contributed by atoms with Gasteiger partial charge in [-0.15, -0.1) is 11.3 Å². The van der Waals surface area contributed by atoms with Crippen LogP contribution in [0.3, 0.4) is 0 Å². The predicted octanol–water partition coefficient (Wildman–Crippen LogP) is 3.05. The first-order valence-corrected chi connectivity index (χ1v) is 7.38. The van der Waals surface area contributed by atoms with Gasteiger partial charge in [-0.25, -0.2) is 14.2 Å². The maximum Gasteiger partial charge on any atom is 0.332 e. The molecule has 1 N–H and O–H groups in total. The smallest absolute Gasteiger partial charge is 0.332 e. The number of rotatable bonds is 2. The largest absolute Gasteiger partial charge is 0.497 e. The van der Waals surface area contributed by atoms with E-state index in [1.54, 1.807) is 12.1 Å². The summed E-state index contributed by atoms with van der Waals surface area (Å²) in [5, 5.41) is 2.72. The van der Waals surface area contributed by atoms with E-state index in [1.807, 2.05) is 11.4 Å². The second-order valence-electron chi connectivity index (χ2n) is 4.76. The number of methoxy groups -OCH3 is 1. The molecule has 3 aromatic heterocycles. The molecule has 4 aromatic rings. The maximum atomic E-state index is 14.2. The molecule has 0 aliphatic heterocycles. The van der Waals surface area contributed by atoms with Gasteiger partial charge in [0, 0.05) is 17.8 Å². The zero-order chi connectivity index (χ0) is 15.3. The van der Waals surface area contributed by atoms with E-state index < -0.39 is 5.82 Å². The van der Waals surface area contributed by atoms with Crippen LogP contribution in [-0.2, 0) is 0 Å². The van der Waals surface area contributed by atoms with Gasteiger partial charge in [-0.05, 0) is 23.6 Å². The number of H-pyrrole nitrogens is 1. The van der Waals surface area contributed by atoms with Gasteiger partial charge in [0.1, 0.15) is 16.4 Å². The molecule has 22 heavy (non-hydrogen) atoms. The Labute approximate surface area is 127 Å². The molecule has 0 radical (unpaired) electrons. The fourth-order valence-corrected chi connectivity index (χ4v) is 3.20. The number of nitrogens with one attached hydrogen (secondary N) is 1. The van der Waals surface area contributed by atoms with E-state index >= 15 is 0 Å². The Balaban J connectivity index is 2.00. The topological polar surface area (TPSA) is 59.4 Å². The molecule has 0 fully saturated rings. The van der Waals surface area contributed by atoms with Crippen molar-refractivity contribution in [1.82, 2.24) is 14.4 Å². The minimum atomic E-state index is -0.444. The number of ether oxygens (including phenoxy) is 1. The normalized spacial score (nSPS) is 11.4. The number of thiophene rings is 1. The van der Waals surface area contributed by atoms with E-state index in [-0.39, 0.29) is 5.69 Å². The van der Waals surface area contributed by atoms with Gasteiger partial charge >= 0.3 is 5.69 Å². The molecule has 4 rings (SSSR count). The Hall–Kier alpha value is -2.67. The van der Waals surface area contributed by atoms with Crippen LogP contribution in [0, 0.1) is 5.82 Å². The molecule has 110 valence electrons. The molecule has 0 unspecified atom stereocenters. The van der Waals surface area contributed by atoms with Gasteiger partial charge in [0.2, 0.25) is 0 Å². The first-order valence-electron chi connectivity index (χ1n) is 6.50. The van der Waals surface area contributed by atoms with Crippen LogP contribution in [-0.4, -0.2) is 21.5 Å². The minimum absolute atomic E-state index is 0.294. The van der Waals surface area contributed by atoms with Crippen molar-refractivity contribution in [2.45, 2.75) is 0 Å². The molecule has 1 aromatic carbocycles. The SMILES string of the molecule is COc1ccc(-c2cn3c(=O)[nH]c4sccc4c3n2)c(F)c1. The zero-order valence-corrected chi connectivity index (χ0v) is 12.3. The molecule has 0 amide bonds. The highest BCUT2D eigenvalue weighted by Gasteiger charge is 2.14. The number of hydrogen-bond acceptors (Lipinski definition) is 4. The van der Waals surface area contributed by atoms with Crippen LogP contribution in [0.25, 0.3) is 27.1 Å². The first kappa shape index (κ1) is 13.0. The summed E-state index contributed by atoms with van der Waals surface area (Å²) in [7, 11) is 1.48. The molecule has 0 bridgehead atoms. The minimum Gasteiger partial charge on any atom is -0.497 e. The van der Waals surface area contributed by atoms with Crippen LogP contribution in [0.1, 0.15) is 0 Å². The number of benzene rings is 1. The Kier molecular flexibility index (Phi) is 2.77. The molecule has 0 saturated carbocycles. The van der Waals surface area contributed by atoms with Crippen LogP contribution in [0.4, 0.5) is 4.39 Å². The summed E-state index contributed by atoms with van der Waals surface area (Å²) < 4.78 is 20.6. The Morgan fingerprint density at radius 2 is 2.23 bits per heavy atom. The summed E-state index contributed by atoms with van der Waals surface area (Å²) in [6.07, 6.45) is 1.54. The summed E-state index contributed by atoms with van der Waals surface area (Å²) in [5.41, 5.74) is 0.958. The van der Waals surface area contributed by atoms with Crippen molar-refractivity contribution in [2.24, 2.45) is 0 Å². The third-order valence-corrected chi connectivity index (χ3v) is 4.33.